The van der Waals surface area contributed by atoms with Crippen LogP contribution in [0.2, 0.25) is 0 Å². The van der Waals surface area contributed by atoms with E-state index in [2.05, 4.69) is 32.5 Å². The van der Waals surface area contributed by atoms with Crippen molar-refractivity contribution in [2.24, 2.45) is 0 Å². The monoisotopic (exact) mass is 362 g/mol. The molecule has 4 rings (SSSR count). The van der Waals surface area contributed by atoms with Crippen molar-refractivity contribution in [3.63, 3.8) is 0 Å². The smallest absolute Gasteiger partial charge is 0.278 e. The van der Waals surface area contributed by atoms with E-state index in [-0.39, 0.29) is 17.5 Å². The topological polar surface area (TPSA) is 90.9 Å². The number of alkyl halides is 2. The molecule has 0 saturated carbocycles. The van der Waals surface area contributed by atoms with Crippen LogP contribution >= 0.6 is 0 Å². The van der Waals surface area contributed by atoms with Crippen LogP contribution in [0, 0.1) is 0 Å². The Hall–Kier alpha value is -2.88. The molecule has 10 heteroatoms. The van der Waals surface area contributed by atoms with E-state index in [1.165, 1.54) is 18.3 Å². The van der Waals surface area contributed by atoms with Crippen molar-refractivity contribution in [3.05, 3.63) is 30.1 Å². The normalized spacial score (nSPS) is 16.7. The maximum absolute atomic E-state index is 12.3. The Morgan fingerprint density at radius 2 is 2.27 bits per heavy atom. The molecular formula is C16H16F2N6O2. The Kier molecular flexibility index (Phi) is 4.33. The van der Waals surface area contributed by atoms with Crippen molar-refractivity contribution in [2.75, 3.05) is 6.61 Å². The van der Waals surface area contributed by atoms with Gasteiger partial charge in [0.2, 0.25) is 5.82 Å². The molecule has 0 aliphatic carbocycles. The Labute approximate surface area is 147 Å². The van der Waals surface area contributed by atoms with Gasteiger partial charge in [0.25, 0.3) is 12.3 Å². The number of nitrogens with zero attached hydrogens (tertiary/aromatic N) is 5. The number of hydrogen-bond acceptors (Lipinski definition) is 7. The molecule has 1 unspecified atom stereocenters. The maximum atomic E-state index is 12.3. The van der Waals surface area contributed by atoms with Gasteiger partial charge in [-0.15, -0.1) is 0 Å². The first-order chi connectivity index (χ1) is 12.6. The summed E-state index contributed by atoms with van der Waals surface area (Å²) in [6.07, 6.45) is -1.11. The summed E-state index contributed by atoms with van der Waals surface area (Å²) < 4.78 is 36.7. The van der Waals surface area contributed by atoms with Gasteiger partial charge in [-0.2, -0.15) is 10.1 Å². The zero-order valence-electron chi connectivity index (χ0n) is 13.9. The lowest BCUT2D eigenvalue weighted by Crippen LogP contribution is -2.36. The lowest BCUT2D eigenvalue weighted by atomic mass is 10.2. The van der Waals surface area contributed by atoms with Crippen LogP contribution in [0.1, 0.15) is 12.6 Å². The first kappa shape index (κ1) is 16.6. The highest BCUT2D eigenvalue weighted by atomic mass is 19.3. The standard InChI is InChI=1S/C16H16F2N6O2/c1-9-7-24-10(6-20-9)4-13(22-24)16-21-15(23-26-16)12-5-11(2-3-19-12)25-8-14(17)18/h2-5,9,14,20H,6-8H2,1H3. The van der Waals surface area contributed by atoms with Crippen LogP contribution in [0.25, 0.3) is 23.1 Å². The highest BCUT2D eigenvalue weighted by molar-refractivity contribution is 5.55. The van der Waals surface area contributed by atoms with Crippen LogP contribution in [0.3, 0.4) is 0 Å². The third-order valence-electron chi connectivity index (χ3n) is 3.92. The minimum atomic E-state index is -2.55. The summed E-state index contributed by atoms with van der Waals surface area (Å²) in [5, 5.41) is 11.8. The van der Waals surface area contributed by atoms with Gasteiger partial charge < -0.3 is 14.6 Å². The minimum absolute atomic E-state index is 0.236. The summed E-state index contributed by atoms with van der Waals surface area (Å²) in [6.45, 7) is 2.89. The van der Waals surface area contributed by atoms with Crippen LogP contribution in [-0.2, 0) is 13.1 Å². The summed E-state index contributed by atoms with van der Waals surface area (Å²) in [4.78, 5) is 8.44. The summed E-state index contributed by atoms with van der Waals surface area (Å²) in [5.74, 6) is 0.773. The van der Waals surface area contributed by atoms with Crippen molar-refractivity contribution in [1.82, 2.24) is 30.2 Å². The Morgan fingerprint density at radius 3 is 3.12 bits per heavy atom. The molecule has 0 amide bonds. The predicted octanol–water partition coefficient (Wildman–Crippen LogP) is 2.13. The average Bonchev–Trinajstić information content (AvgIpc) is 3.26. The molecule has 136 valence electrons. The van der Waals surface area contributed by atoms with Crippen molar-refractivity contribution in [1.29, 1.82) is 0 Å². The molecule has 0 spiro atoms. The van der Waals surface area contributed by atoms with Gasteiger partial charge in [0, 0.05) is 24.8 Å². The van der Waals surface area contributed by atoms with Crippen LogP contribution < -0.4 is 10.1 Å². The fourth-order valence-electron chi connectivity index (χ4n) is 2.68. The molecule has 0 saturated heterocycles. The van der Waals surface area contributed by atoms with E-state index in [1.807, 2.05) is 10.7 Å². The minimum Gasteiger partial charge on any atom is -0.488 e. The summed E-state index contributed by atoms with van der Waals surface area (Å²) in [7, 11) is 0. The second-order valence-corrected chi connectivity index (χ2v) is 5.99. The zero-order valence-corrected chi connectivity index (χ0v) is 13.9. The van der Waals surface area contributed by atoms with Crippen LogP contribution in [0.4, 0.5) is 8.78 Å². The number of rotatable bonds is 5. The summed E-state index contributed by atoms with van der Waals surface area (Å²) >= 11 is 0. The van der Waals surface area contributed by atoms with Crippen LogP contribution in [0.15, 0.2) is 28.9 Å². The number of ether oxygens (including phenoxy) is 1. The fourth-order valence-corrected chi connectivity index (χ4v) is 2.68. The van der Waals surface area contributed by atoms with Gasteiger partial charge in [-0.25, -0.2) is 8.78 Å². The molecular weight excluding hydrogens is 346 g/mol. The molecule has 0 bridgehead atoms. The molecule has 1 aliphatic heterocycles. The molecule has 0 aromatic carbocycles. The first-order valence-electron chi connectivity index (χ1n) is 8.10. The van der Waals surface area contributed by atoms with E-state index < -0.39 is 13.0 Å². The molecule has 1 atom stereocenters. The third-order valence-corrected chi connectivity index (χ3v) is 3.92. The Balaban J connectivity index is 1.56. The van der Waals surface area contributed by atoms with E-state index in [1.54, 1.807) is 0 Å². The second kappa shape index (κ2) is 6.79. The second-order valence-electron chi connectivity index (χ2n) is 5.99. The number of fused-ring (bicyclic) bond motifs is 1. The highest BCUT2D eigenvalue weighted by Crippen LogP contribution is 2.24. The van der Waals surface area contributed by atoms with E-state index in [4.69, 9.17) is 9.26 Å². The van der Waals surface area contributed by atoms with Crippen LogP contribution in [-0.4, -0.2) is 44.0 Å². The van der Waals surface area contributed by atoms with Gasteiger partial charge in [0.05, 0.1) is 12.2 Å². The summed E-state index contributed by atoms with van der Waals surface area (Å²) in [6, 6.07) is 5.21. The predicted molar refractivity (Wildman–Crippen MR) is 86.6 cm³/mol. The zero-order chi connectivity index (χ0) is 18.1. The molecule has 1 N–H and O–H groups in total. The summed E-state index contributed by atoms with van der Waals surface area (Å²) in [5.41, 5.74) is 1.99. The lowest BCUT2D eigenvalue weighted by molar-refractivity contribution is 0.0819. The van der Waals surface area contributed by atoms with E-state index >= 15 is 0 Å². The van der Waals surface area contributed by atoms with Gasteiger partial charge in [-0.05, 0) is 19.1 Å². The third kappa shape index (κ3) is 3.40. The maximum Gasteiger partial charge on any atom is 0.278 e. The average molecular weight is 362 g/mol. The highest BCUT2D eigenvalue weighted by Gasteiger charge is 2.20. The number of nitrogens with one attached hydrogen (secondary N) is 1. The molecule has 3 aromatic heterocycles. The number of halogens is 2. The number of aromatic nitrogens is 5. The van der Waals surface area contributed by atoms with E-state index in [0.29, 0.717) is 17.4 Å². The van der Waals surface area contributed by atoms with Crippen LogP contribution in [0.5, 0.6) is 5.75 Å². The Bertz CT molecular complexity index is 910. The molecule has 1 aliphatic rings. The van der Waals surface area contributed by atoms with Gasteiger partial charge in [0.15, 0.2) is 5.69 Å². The van der Waals surface area contributed by atoms with Crippen molar-refractivity contribution < 1.29 is 18.0 Å². The lowest BCUT2D eigenvalue weighted by Gasteiger charge is -2.21. The fraction of sp³-hybridized carbons (Fsp3) is 0.375. The molecule has 8 nitrogen and oxygen atoms in total. The van der Waals surface area contributed by atoms with E-state index in [9.17, 15) is 8.78 Å². The van der Waals surface area contributed by atoms with Gasteiger partial charge in [-0.3, -0.25) is 9.67 Å². The molecule has 0 radical (unpaired) electrons. The van der Waals surface area contributed by atoms with Crippen molar-refractivity contribution in [2.45, 2.75) is 32.5 Å². The molecule has 4 heterocycles. The quantitative estimate of drug-likeness (QED) is 0.743. The van der Waals surface area contributed by atoms with Crippen molar-refractivity contribution in [3.8, 4) is 28.9 Å². The number of hydrogen-bond donors (Lipinski definition) is 1. The molecule has 26 heavy (non-hydrogen) atoms. The number of pyridine rings is 1. The molecule has 0 fully saturated rings. The van der Waals surface area contributed by atoms with Gasteiger partial charge >= 0.3 is 0 Å². The first-order valence-corrected chi connectivity index (χ1v) is 8.10. The van der Waals surface area contributed by atoms with Gasteiger partial charge in [-0.1, -0.05) is 5.16 Å². The largest absolute Gasteiger partial charge is 0.488 e. The molecule has 3 aromatic rings. The van der Waals surface area contributed by atoms with Gasteiger partial charge in [0.1, 0.15) is 18.1 Å². The van der Waals surface area contributed by atoms with E-state index in [0.717, 1.165) is 18.8 Å². The Morgan fingerprint density at radius 1 is 1.38 bits per heavy atom. The van der Waals surface area contributed by atoms with Crippen molar-refractivity contribution >= 4 is 0 Å². The SMILES string of the molecule is CC1Cn2nc(-c3nc(-c4cc(OCC(F)F)ccn4)no3)cc2CN1.